The number of urea groups is 1. The molecule has 2 aliphatic carbocycles. The molecule has 0 aromatic rings. The summed E-state index contributed by atoms with van der Waals surface area (Å²) in [7, 11) is 0. The van der Waals surface area contributed by atoms with Crippen molar-refractivity contribution in [3.63, 3.8) is 0 Å². The molecule has 30 heavy (non-hydrogen) atoms. The second-order valence-electron chi connectivity index (χ2n) is 8.21. The van der Waals surface area contributed by atoms with Crippen LogP contribution in [0.5, 0.6) is 0 Å². The molecule has 165 valence electrons. The number of imide groups is 1. The summed E-state index contributed by atoms with van der Waals surface area (Å²) < 4.78 is 10.9. The zero-order valence-corrected chi connectivity index (χ0v) is 17.3. The molecular formula is C21H30N3O6. The molecule has 9 nitrogen and oxygen atoms in total. The lowest BCUT2D eigenvalue weighted by Crippen LogP contribution is -2.49. The lowest BCUT2D eigenvalue weighted by molar-refractivity contribution is -0.138. The Kier molecular flexibility index (Phi) is 7.25. The van der Waals surface area contributed by atoms with Gasteiger partial charge in [0.05, 0.1) is 17.9 Å². The van der Waals surface area contributed by atoms with Crippen molar-refractivity contribution in [1.82, 2.24) is 10.2 Å². The first-order valence-electron chi connectivity index (χ1n) is 10.6. The molecule has 3 N–H and O–H groups in total. The first-order valence-corrected chi connectivity index (χ1v) is 10.6. The van der Waals surface area contributed by atoms with Gasteiger partial charge in [-0.1, -0.05) is 12.2 Å². The van der Waals surface area contributed by atoms with Crippen LogP contribution in [0.25, 0.3) is 0 Å². The molecule has 2 fully saturated rings. The topological polar surface area (TPSA) is 128 Å². The molecule has 0 aromatic carbocycles. The van der Waals surface area contributed by atoms with Gasteiger partial charge in [-0.15, -0.1) is 0 Å². The number of carbonyl (C=O) groups is 3. The van der Waals surface area contributed by atoms with Gasteiger partial charge in [-0.05, 0) is 45.4 Å². The Balaban J connectivity index is 1.83. The fourth-order valence-electron chi connectivity index (χ4n) is 4.36. The molecule has 3 aliphatic rings. The summed E-state index contributed by atoms with van der Waals surface area (Å²) in [4.78, 5) is 50.8. The maximum Gasteiger partial charge on any atom is 0.321 e. The van der Waals surface area contributed by atoms with Gasteiger partial charge in [0.2, 0.25) is 18.1 Å². The van der Waals surface area contributed by atoms with E-state index in [9.17, 15) is 19.2 Å². The predicted molar refractivity (Wildman–Crippen MR) is 107 cm³/mol. The fourth-order valence-corrected chi connectivity index (χ4v) is 4.36. The van der Waals surface area contributed by atoms with E-state index < -0.39 is 35.2 Å². The number of nitrogens with one attached hydrogen (secondary N) is 1. The first-order chi connectivity index (χ1) is 14.4. The Morgan fingerprint density at radius 3 is 2.80 bits per heavy atom. The molecule has 5 atom stereocenters. The van der Waals surface area contributed by atoms with Crippen LogP contribution in [-0.2, 0) is 23.9 Å². The number of rotatable bonds is 5. The summed E-state index contributed by atoms with van der Waals surface area (Å²) in [5.74, 6) is -2.40. The molecule has 0 bridgehead atoms. The van der Waals surface area contributed by atoms with Gasteiger partial charge >= 0.3 is 6.03 Å². The van der Waals surface area contributed by atoms with Gasteiger partial charge in [-0.25, -0.2) is 4.79 Å². The molecule has 9 heteroatoms. The van der Waals surface area contributed by atoms with E-state index >= 15 is 0 Å². The van der Waals surface area contributed by atoms with E-state index in [0.717, 1.165) is 17.7 Å². The Hall–Kier alpha value is -2.26. The van der Waals surface area contributed by atoms with Crippen LogP contribution in [0.2, 0.25) is 0 Å². The van der Waals surface area contributed by atoms with Crippen LogP contribution in [-0.4, -0.2) is 60.6 Å². The van der Waals surface area contributed by atoms with Crippen LogP contribution >= 0.6 is 0 Å². The van der Waals surface area contributed by atoms with E-state index in [1.165, 1.54) is 0 Å². The van der Waals surface area contributed by atoms with E-state index in [-0.39, 0.29) is 31.8 Å². The van der Waals surface area contributed by atoms with Crippen molar-refractivity contribution < 1.29 is 28.7 Å². The first kappa shape index (κ1) is 22.4. The van der Waals surface area contributed by atoms with Gasteiger partial charge in [0.25, 0.3) is 0 Å². The summed E-state index contributed by atoms with van der Waals surface area (Å²) in [5.41, 5.74) is 4.44. The number of ether oxygens (including phenoxy) is 2. The summed E-state index contributed by atoms with van der Waals surface area (Å²) in [6.07, 6.45) is 8.75. The summed E-state index contributed by atoms with van der Waals surface area (Å²) in [6, 6.07) is -0.819. The van der Waals surface area contributed by atoms with Gasteiger partial charge in [0.15, 0.2) is 0 Å². The lowest BCUT2D eigenvalue weighted by atomic mass is 9.93. The number of nitrogens with two attached hydrogens (primary N) is 1. The van der Waals surface area contributed by atoms with Crippen LogP contribution in [0.4, 0.5) is 4.79 Å². The smallest absolute Gasteiger partial charge is 0.321 e. The summed E-state index contributed by atoms with van der Waals surface area (Å²) in [5, 5.41) is 2.81. The molecule has 4 amide bonds. The average molecular weight is 420 g/mol. The molecular weight excluding hydrogens is 390 g/mol. The maximum absolute atomic E-state index is 13.2. The molecule has 5 unspecified atom stereocenters. The number of hydrogen-bond donors (Lipinski definition) is 2. The number of allylic oxidation sites excluding steroid dienone is 1. The number of hydrogen-bond acceptors (Lipinski definition) is 6. The monoisotopic (exact) mass is 420 g/mol. The Bertz CT molecular complexity index is 711. The Morgan fingerprint density at radius 2 is 2.10 bits per heavy atom. The highest BCUT2D eigenvalue weighted by Crippen LogP contribution is 2.44. The van der Waals surface area contributed by atoms with Crippen LogP contribution in [0.1, 0.15) is 45.4 Å². The minimum Gasteiger partial charge on any atom is -0.356 e. The third-order valence-corrected chi connectivity index (χ3v) is 6.21. The quantitative estimate of drug-likeness (QED) is 0.388. The van der Waals surface area contributed by atoms with Crippen molar-refractivity contribution >= 4 is 24.1 Å². The second-order valence-corrected chi connectivity index (χ2v) is 8.21. The number of primary amides is 1. The van der Waals surface area contributed by atoms with E-state index in [1.54, 1.807) is 0 Å². The summed E-state index contributed by atoms with van der Waals surface area (Å²) in [6.45, 7) is 2.61. The predicted octanol–water partition coefficient (Wildman–Crippen LogP) is 1.02. The highest BCUT2D eigenvalue weighted by atomic mass is 16.7. The van der Waals surface area contributed by atoms with Crippen molar-refractivity contribution in [1.29, 1.82) is 0 Å². The zero-order valence-electron chi connectivity index (χ0n) is 17.3. The van der Waals surface area contributed by atoms with Crippen molar-refractivity contribution in [2.75, 3.05) is 19.9 Å². The standard InChI is InChI=1S/C21H30N3O6/c1-2-29-13-30-15-9-16-17(10-15)19(27)24(20(22)28)8-6-4-3-5-7-14-11-21(14,12-25)23-18(16)26/h5,7,14-17H,2-4,6,8-11,13H2,1H3,(H2,22,28)(H,23,26)/b7-5+. The fraction of sp³-hybridized carbons (Fsp3) is 0.714. The van der Waals surface area contributed by atoms with Gasteiger partial charge in [-0.2, -0.15) is 0 Å². The summed E-state index contributed by atoms with van der Waals surface area (Å²) >= 11 is 0. The zero-order chi connectivity index (χ0) is 21.7. The molecule has 1 radical (unpaired) electrons. The molecule has 0 aromatic heterocycles. The highest BCUT2D eigenvalue weighted by Gasteiger charge is 2.57. The third-order valence-electron chi connectivity index (χ3n) is 6.21. The minimum absolute atomic E-state index is 0.0644. The van der Waals surface area contributed by atoms with Gasteiger partial charge in [-0.3, -0.25) is 19.3 Å². The molecule has 1 aliphatic heterocycles. The number of nitrogens with zero attached hydrogens (tertiary/aromatic N) is 1. The van der Waals surface area contributed by atoms with E-state index in [4.69, 9.17) is 15.2 Å². The highest BCUT2D eigenvalue weighted by molar-refractivity contribution is 5.98. The van der Waals surface area contributed by atoms with Crippen molar-refractivity contribution in [3.05, 3.63) is 12.2 Å². The Labute approximate surface area is 176 Å². The van der Waals surface area contributed by atoms with E-state index in [2.05, 4.69) is 5.32 Å². The van der Waals surface area contributed by atoms with Crippen molar-refractivity contribution in [2.24, 2.45) is 23.5 Å². The van der Waals surface area contributed by atoms with Crippen molar-refractivity contribution in [3.8, 4) is 0 Å². The average Bonchev–Trinajstić information content (AvgIpc) is 3.21. The van der Waals surface area contributed by atoms with Gasteiger partial charge < -0.3 is 20.5 Å². The minimum atomic E-state index is -1.03. The molecule has 0 spiro atoms. The van der Waals surface area contributed by atoms with Crippen LogP contribution in [0.15, 0.2) is 12.2 Å². The normalized spacial score (nSPS) is 35.6. The van der Waals surface area contributed by atoms with Crippen LogP contribution in [0.3, 0.4) is 0 Å². The third kappa shape index (κ3) is 4.89. The Morgan fingerprint density at radius 1 is 1.33 bits per heavy atom. The van der Waals surface area contributed by atoms with Crippen LogP contribution < -0.4 is 11.1 Å². The number of carbonyl (C=O) groups excluding carboxylic acids is 4. The SMILES string of the molecule is CCOCOC1CC2C(=O)NC3([C]=O)CC3/C=C/CCCCN(C(N)=O)C(=O)C2C1. The van der Waals surface area contributed by atoms with E-state index in [0.29, 0.717) is 25.9 Å². The van der Waals surface area contributed by atoms with Gasteiger partial charge in [0.1, 0.15) is 12.3 Å². The van der Waals surface area contributed by atoms with Crippen molar-refractivity contribution in [2.45, 2.75) is 57.1 Å². The second kappa shape index (κ2) is 9.70. The largest absolute Gasteiger partial charge is 0.356 e. The molecule has 2 saturated carbocycles. The molecule has 1 heterocycles. The van der Waals surface area contributed by atoms with E-state index in [1.807, 2.05) is 25.4 Å². The molecule has 0 saturated heterocycles. The number of amides is 4. The van der Waals surface area contributed by atoms with Gasteiger partial charge in [0, 0.05) is 19.1 Å². The maximum atomic E-state index is 13.2. The molecule has 3 rings (SSSR count). The lowest BCUT2D eigenvalue weighted by Gasteiger charge is -2.26. The van der Waals surface area contributed by atoms with Crippen LogP contribution in [0, 0.1) is 17.8 Å². The number of fused-ring (bicyclic) bond motifs is 2.